The van der Waals surface area contributed by atoms with Gasteiger partial charge in [0.25, 0.3) is 11.6 Å². The van der Waals surface area contributed by atoms with Crippen LogP contribution in [0.25, 0.3) is 0 Å². The molecule has 0 atom stereocenters. The van der Waals surface area contributed by atoms with Crippen LogP contribution in [0.15, 0.2) is 41.1 Å². The maximum atomic E-state index is 13.5. The molecule has 0 aliphatic heterocycles. The molecule has 0 saturated carbocycles. The van der Waals surface area contributed by atoms with E-state index in [1.807, 2.05) is 0 Å². The summed E-state index contributed by atoms with van der Waals surface area (Å²) in [6, 6.07) is 4.14. The normalized spacial score (nSPS) is 10.1. The summed E-state index contributed by atoms with van der Waals surface area (Å²) in [6.45, 7) is -0.687. The van der Waals surface area contributed by atoms with E-state index in [0.717, 1.165) is 18.2 Å². The molecule has 1 heterocycles. The number of nitro groups is 1. The quantitative estimate of drug-likeness (QED) is 0.471. The summed E-state index contributed by atoms with van der Waals surface area (Å²) in [6.07, 6.45) is 2.72. The summed E-state index contributed by atoms with van der Waals surface area (Å²) in [4.78, 5) is 37.1. The number of pyridine rings is 1. The zero-order chi connectivity index (χ0) is 17.7. The van der Waals surface area contributed by atoms with Crippen molar-refractivity contribution in [3.8, 4) is 0 Å². The minimum atomic E-state index is -0.850. The Balaban J connectivity index is 1.97. The van der Waals surface area contributed by atoms with E-state index in [9.17, 15) is 24.1 Å². The fourth-order valence-electron chi connectivity index (χ4n) is 1.65. The summed E-state index contributed by atoms with van der Waals surface area (Å²) in [5, 5.41) is 12.7. The van der Waals surface area contributed by atoms with Crippen LogP contribution in [0.4, 0.5) is 15.8 Å². The van der Waals surface area contributed by atoms with Gasteiger partial charge in [0.2, 0.25) is 0 Å². The number of hydrogen-bond donors (Lipinski definition) is 1. The molecule has 0 fully saturated rings. The third kappa shape index (κ3) is 4.56. The van der Waals surface area contributed by atoms with Crippen LogP contribution in [0.1, 0.15) is 10.4 Å². The monoisotopic (exact) mass is 397 g/mol. The molecular weight excluding hydrogens is 389 g/mol. The predicted octanol–water partition coefficient (Wildman–Crippen LogP) is 2.69. The molecule has 0 bridgehead atoms. The summed E-state index contributed by atoms with van der Waals surface area (Å²) >= 11 is 3.13. The Morgan fingerprint density at radius 3 is 2.75 bits per heavy atom. The lowest BCUT2D eigenvalue weighted by Crippen LogP contribution is -2.21. The lowest BCUT2D eigenvalue weighted by Gasteiger charge is -2.07. The van der Waals surface area contributed by atoms with Gasteiger partial charge in [-0.15, -0.1) is 0 Å². The molecule has 0 aliphatic rings. The number of nitro benzene ring substituents is 1. The lowest BCUT2D eigenvalue weighted by atomic mass is 10.2. The number of carbonyl (C=O) groups excluding carboxylic acids is 2. The Bertz CT molecular complexity index is 815. The van der Waals surface area contributed by atoms with Crippen LogP contribution in [-0.2, 0) is 9.53 Å². The summed E-state index contributed by atoms with van der Waals surface area (Å²) in [5.74, 6) is -2.49. The summed E-state index contributed by atoms with van der Waals surface area (Å²) in [7, 11) is 0. The van der Waals surface area contributed by atoms with Crippen molar-refractivity contribution in [1.82, 2.24) is 4.98 Å². The molecule has 2 rings (SSSR count). The van der Waals surface area contributed by atoms with E-state index in [4.69, 9.17) is 4.74 Å². The number of halogens is 2. The number of anilines is 1. The molecule has 8 nitrogen and oxygen atoms in total. The molecule has 0 saturated heterocycles. The largest absolute Gasteiger partial charge is 0.452 e. The second-order valence-corrected chi connectivity index (χ2v) is 5.35. The Morgan fingerprint density at radius 2 is 2.08 bits per heavy atom. The van der Waals surface area contributed by atoms with Crippen molar-refractivity contribution in [2.75, 3.05) is 11.9 Å². The van der Waals surface area contributed by atoms with Crippen molar-refractivity contribution in [2.24, 2.45) is 0 Å². The molecule has 10 heteroatoms. The maximum Gasteiger partial charge on any atom is 0.340 e. The van der Waals surface area contributed by atoms with Gasteiger partial charge in [0, 0.05) is 29.0 Å². The second kappa shape index (κ2) is 7.59. The van der Waals surface area contributed by atoms with Crippen LogP contribution < -0.4 is 5.32 Å². The average Bonchev–Trinajstić information content (AvgIpc) is 2.54. The number of esters is 1. The first-order valence-electron chi connectivity index (χ1n) is 6.38. The van der Waals surface area contributed by atoms with Gasteiger partial charge in [-0.25, -0.2) is 9.18 Å². The van der Waals surface area contributed by atoms with E-state index in [0.29, 0.717) is 4.47 Å². The number of amides is 1. The first-order valence-corrected chi connectivity index (χ1v) is 7.17. The molecule has 1 aromatic heterocycles. The zero-order valence-corrected chi connectivity index (χ0v) is 13.4. The molecule has 1 N–H and O–H groups in total. The van der Waals surface area contributed by atoms with Gasteiger partial charge in [0.05, 0.1) is 16.2 Å². The second-order valence-electron chi connectivity index (χ2n) is 4.44. The third-order valence-corrected chi connectivity index (χ3v) is 3.14. The van der Waals surface area contributed by atoms with Crippen molar-refractivity contribution in [3.05, 3.63) is 62.6 Å². The lowest BCUT2D eigenvalue weighted by molar-refractivity contribution is -0.384. The smallest absolute Gasteiger partial charge is 0.340 e. The van der Waals surface area contributed by atoms with Crippen molar-refractivity contribution in [1.29, 1.82) is 0 Å². The maximum absolute atomic E-state index is 13.5. The number of hydrogen-bond acceptors (Lipinski definition) is 6. The highest BCUT2D eigenvalue weighted by Gasteiger charge is 2.15. The van der Waals surface area contributed by atoms with Gasteiger partial charge in [0.1, 0.15) is 5.82 Å². The van der Waals surface area contributed by atoms with Crippen LogP contribution in [0, 0.1) is 15.9 Å². The van der Waals surface area contributed by atoms with Crippen LogP contribution >= 0.6 is 15.9 Å². The van der Waals surface area contributed by atoms with Gasteiger partial charge < -0.3 is 10.1 Å². The minimum Gasteiger partial charge on any atom is -0.452 e. The predicted molar refractivity (Wildman–Crippen MR) is 83.9 cm³/mol. The fourth-order valence-corrected chi connectivity index (χ4v) is 2.01. The van der Waals surface area contributed by atoms with Gasteiger partial charge in [-0.3, -0.25) is 19.9 Å². The number of aromatic nitrogens is 1. The van der Waals surface area contributed by atoms with Gasteiger partial charge in [0.15, 0.2) is 6.61 Å². The van der Waals surface area contributed by atoms with Crippen molar-refractivity contribution in [2.45, 2.75) is 0 Å². The fraction of sp³-hybridized carbons (Fsp3) is 0.0714. The SMILES string of the molecule is O=C(COC(=O)c1cncc(Br)c1)Nc1cc([N+](=O)[O-])ccc1F. The molecular formula is C14H9BrFN3O5. The summed E-state index contributed by atoms with van der Waals surface area (Å²) < 4.78 is 18.9. The number of nitrogens with one attached hydrogen (secondary N) is 1. The van der Waals surface area contributed by atoms with Crippen LogP contribution in [0.3, 0.4) is 0 Å². The van der Waals surface area contributed by atoms with E-state index in [1.165, 1.54) is 18.5 Å². The topological polar surface area (TPSA) is 111 Å². The Labute approximate surface area is 142 Å². The van der Waals surface area contributed by atoms with Crippen molar-refractivity contribution >= 4 is 39.2 Å². The standard InChI is InChI=1S/C14H9BrFN3O5/c15-9-3-8(5-17-6-9)14(21)24-7-13(20)18-12-4-10(19(22)23)1-2-11(12)16/h1-6H,7H2,(H,18,20). The number of non-ortho nitro benzene ring substituents is 1. The van der Waals surface area contributed by atoms with Crippen LogP contribution in [-0.4, -0.2) is 28.4 Å². The Hall–Kier alpha value is -2.88. The average molecular weight is 398 g/mol. The highest BCUT2D eigenvalue weighted by molar-refractivity contribution is 9.10. The van der Waals surface area contributed by atoms with Gasteiger partial charge in [-0.1, -0.05) is 0 Å². The number of benzene rings is 1. The molecule has 0 aliphatic carbocycles. The molecule has 124 valence electrons. The number of ether oxygens (including phenoxy) is 1. The van der Waals surface area contributed by atoms with E-state index < -0.39 is 29.2 Å². The van der Waals surface area contributed by atoms with Gasteiger partial charge in [-0.2, -0.15) is 0 Å². The molecule has 24 heavy (non-hydrogen) atoms. The molecule has 0 spiro atoms. The molecule has 1 amide bonds. The van der Waals surface area contributed by atoms with E-state index >= 15 is 0 Å². The highest BCUT2D eigenvalue weighted by atomic mass is 79.9. The van der Waals surface area contributed by atoms with E-state index in [2.05, 4.69) is 26.2 Å². The molecule has 2 aromatic rings. The Kier molecular flexibility index (Phi) is 5.53. The first kappa shape index (κ1) is 17.5. The van der Waals surface area contributed by atoms with Crippen LogP contribution in [0.2, 0.25) is 0 Å². The minimum absolute atomic E-state index is 0.124. The number of rotatable bonds is 5. The first-order chi connectivity index (χ1) is 11.4. The van der Waals surface area contributed by atoms with E-state index in [-0.39, 0.29) is 16.9 Å². The number of nitrogens with zero attached hydrogens (tertiary/aromatic N) is 2. The Morgan fingerprint density at radius 1 is 1.33 bits per heavy atom. The van der Waals surface area contributed by atoms with Crippen molar-refractivity contribution in [3.63, 3.8) is 0 Å². The highest BCUT2D eigenvalue weighted by Crippen LogP contribution is 2.21. The van der Waals surface area contributed by atoms with Crippen molar-refractivity contribution < 1.29 is 23.6 Å². The van der Waals surface area contributed by atoms with Gasteiger partial charge in [-0.05, 0) is 28.1 Å². The summed E-state index contributed by atoms with van der Waals surface area (Å²) in [5.41, 5.74) is -0.642. The third-order valence-electron chi connectivity index (χ3n) is 2.71. The molecule has 1 aromatic carbocycles. The molecule has 0 radical (unpaired) electrons. The number of carbonyl (C=O) groups is 2. The van der Waals surface area contributed by atoms with Crippen LogP contribution in [0.5, 0.6) is 0 Å². The molecule has 0 unspecified atom stereocenters. The van der Waals surface area contributed by atoms with Gasteiger partial charge >= 0.3 is 5.97 Å². The van der Waals surface area contributed by atoms with E-state index in [1.54, 1.807) is 0 Å². The zero-order valence-electron chi connectivity index (χ0n) is 11.9.